The van der Waals surface area contributed by atoms with Crippen LogP contribution in [0.5, 0.6) is 0 Å². The third-order valence-corrected chi connectivity index (χ3v) is 1.38. The average molecular weight is 151 g/mol. The summed E-state index contributed by atoms with van der Waals surface area (Å²) in [5.41, 5.74) is 1.24. The van der Waals surface area contributed by atoms with E-state index < -0.39 is 0 Å². The molecule has 0 aromatic heterocycles. The quantitative estimate of drug-likeness (QED) is 0.434. The van der Waals surface area contributed by atoms with Gasteiger partial charge in [-0.15, -0.1) is 0 Å². The van der Waals surface area contributed by atoms with Gasteiger partial charge in [0.2, 0.25) is 0 Å². The monoisotopic (exact) mass is 151 g/mol. The first kappa shape index (κ1) is 10.2. The molecule has 0 unspecified atom stereocenters. The molecule has 0 atom stereocenters. The minimum Gasteiger partial charge on any atom is -0.300 e. The van der Waals surface area contributed by atoms with Gasteiger partial charge in [-0.2, -0.15) is 0 Å². The van der Waals surface area contributed by atoms with E-state index in [1.807, 2.05) is 19.2 Å². The molecular weight excluding hydrogens is 134 g/mol. The van der Waals surface area contributed by atoms with Crippen molar-refractivity contribution in [1.29, 1.82) is 0 Å². The first-order valence-electron chi connectivity index (χ1n) is 3.77. The third kappa shape index (κ3) is 4.54. The summed E-state index contributed by atoms with van der Waals surface area (Å²) in [5, 5.41) is 0. The molecule has 0 heterocycles. The number of allylic oxidation sites excluding steroid dienone is 3. The van der Waals surface area contributed by atoms with Gasteiger partial charge in [0.25, 0.3) is 0 Å². The lowest BCUT2D eigenvalue weighted by molar-refractivity contribution is 0.688. The minimum absolute atomic E-state index is 0.0486. The van der Waals surface area contributed by atoms with Gasteiger partial charge < -0.3 is 0 Å². The van der Waals surface area contributed by atoms with Crippen LogP contribution in [0.4, 0.5) is 0 Å². The summed E-state index contributed by atoms with van der Waals surface area (Å²) in [6, 6.07) is 0. The zero-order valence-electron chi connectivity index (χ0n) is 7.89. The number of rotatable bonds is 3. The Morgan fingerprint density at radius 3 is 2.36 bits per heavy atom. The molecule has 0 radical (unpaired) electrons. The summed E-state index contributed by atoms with van der Waals surface area (Å²) in [7, 11) is 1.79. The maximum atomic E-state index is 3.99. The zero-order valence-corrected chi connectivity index (χ0v) is 7.89. The van der Waals surface area contributed by atoms with E-state index in [9.17, 15) is 0 Å². The fourth-order valence-corrected chi connectivity index (χ4v) is 1.02. The van der Waals surface area contributed by atoms with Crippen molar-refractivity contribution in [2.24, 2.45) is 10.4 Å². The van der Waals surface area contributed by atoms with Crippen molar-refractivity contribution < 1.29 is 0 Å². The minimum atomic E-state index is 0.0486. The number of nitrogens with zero attached hydrogens (tertiary/aromatic N) is 1. The van der Waals surface area contributed by atoms with E-state index in [2.05, 4.69) is 31.5 Å². The van der Waals surface area contributed by atoms with Crippen LogP contribution in [0.3, 0.4) is 0 Å². The summed E-state index contributed by atoms with van der Waals surface area (Å²) < 4.78 is 0. The standard InChI is InChI=1S/C10H17N/c1-6-9(2)7-10(3,4)8-11-5/h6-8H,1H2,2-5H3/b9-7-,11-8?. The summed E-state index contributed by atoms with van der Waals surface area (Å²) in [4.78, 5) is 3.99. The lowest BCUT2D eigenvalue weighted by Crippen LogP contribution is -2.09. The molecule has 0 aliphatic rings. The van der Waals surface area contributed by atoms with Crippen LogP contribution in [0.1, 0.15) is 20.8 Å². The van der Waals surface area contributed by atoms with Gasteiger partial charge in [0, 0.05) is 18.7 Å². The highest BCUT2D eigenvalue weighted by atomic mass is 14.6. The van der Waals surface area contributed by atoms with Crippen LogP contribution >= 0.6 is 0 Å². The van der Waals surface area contributed by atoms with Crippen molar-refractivity contribution in [3.05, 3.63) is 24.3 Å². The molecule has 62 valence electrons. The lowest BCUT2D eigenvalue weighted by Gasteiger charge is -2.13. The normalized spacial score (nSPS) is 14.0. The molecule has 1 heteroatoms. The van der Waals surface area contributed by atoms with Crippen LogP contribution < -0.4 is 0 Å². The van der Waals surface area contributed by atoms with Gasteiger partial charge in [0.1, 0.15) is 0 Å². The molecule has 0 rings (SSSR count). The fourth-order valence-electron chi connectivity index (χ4n) is 1.02. The second kappa shape index (κ2) is 4.12. The topological polar surface area (TPSA) is 12.4 Å². The van der Waals surface area contributed by atoms with Gasteiger partial charge in [0.15, 0.2) is 0 Å². The Kier molecular flexibility index (Phi) is 3.80. The van der Waals surface area contributed by atoms with Crippen molar-refractivity contribution in [3.8, 4) is 0 Å². The highest BCUT2D eigenvalue weighted by molar-refractivity contribution is 5.67. The predicted octanol–water partition coefficient (Wildman–Crippen LogP) is 2.85. The third-order valence-electron chi connectivity index (χ3n) is 1.38. The van der Waals surface area contributed by atoms with Crippen LogP contribution in [0, 0.1) is 5.41 Å². The highest BCUT2D eigenvalue weighted by Gasteiger charge is 2.09. The maximum absolute atomic E-state index is 3.99. The van der Waals surface area contributed by atoms with Crippen LogP contribution in [-0.4, -0.2) is 13.3 Å². The summed E-state index contributed by atoms with van der Waals surface area (Å²) in [6.07, 6.45) is 5.93. The van der Waals surface area contributed by atoms with E-state index in [0.29, 0.717) is 0 Å². The van der Waals surface area contributed by atoms with Crippen molar-refractivity contribution in [3.63, 3.8) is 0 Å². The van der Waals surface area contributed by atoms with Gasteiger partial charge in [-0.1, -0.05) is 38.2 Å². The van der Waals surface area contributed by atoms with Gasteiger partial charge in [-0.05, 0) is 6.92 Å². The smallest absolute Gasteiger partial charge is 0.0273 e. The van der Waals surface area contributed by atoms with Crippen molar-refractivity contribution >= 4 is 6.21 Å². The Bertz CT molecular complexity index is 185. The summed E-state index contributed by atoms with van der Waals surface area (Å²) in [6.45, 7) is 9.97. The summed E-state index contributed by atoms with van der Waals surface area (Å²) >= 11 is 0. The molecule has 0 aromatic rings. The molecule has 0 aliphatic carbocycles. The Morgan fingerprint density at radius 2 is 2.00 bits per heavy atom. The average Bonchev–Trinajstić information content (AvgIpc) is 1.86. The van der Waals surface area contributed by atoms with Gasteiger partial charge in [-0.3, -0.25) is 4.99 Å². The molecule has 11 heavy (non-hydrogen) atoms. The first-order chi connectivity index (χ1) is 5.02. The summed E-state index contributed by atoms with van der Waals surface area (Å²) in [5.74, 6) is 0. The molecule has 0 aromatic carbocycles. The number of hydrogen-bond donors (Lipinski definition) is 0. The van der Waals surface area contributed by atoms with Crippen molar-refractivity contribution in [1.82, 2.24) is 0 Å². The zero-order chi connectivity index (χ0) is 8.91. The predicted molar refractivity (Wildman–Crippen MR) is 52.2 cm³/mol. The van der Waals surface area contributed by atoms with E-state index >= 15 is 0 Å². The number of aliphatic imine (C=N–C) groups is 1. The molecule has 0 spiro atoms. The van der Waals surface area contributed by atoms with E-state index in [0.717, 1.165) is 0 Å². The molecule has 0 fully saturated rings. The van der Waals surface area contributed by atoms with E-state index in [1.165, 1.54) is 5.57 Å². The molecule has 0 amide bonds. The Morgan fingerprint density at radius 1 is 1.45 bits per heavy atom. The van der Waals surface area contributed by atoms with Gasteiger partial charge in [-0.25, -0.2) is 0 Å². The van der Waals surface area contributed by atoms with E-state index in [-0.39, 0.29) is 5.41 Å². The molecule has 0 saturated heterocycles. The Hall–Kier alpha value is -0.850. The highest BCUT2D eigenvalue weighted by Crippen LogP contribution is 2.16. The molecule has 1 nitrogen and oxygen atoms in total. The largest absolute Gasteiger partial charge is 0.300 e. The molecule has 0 bridgehead atoms. The van der Waals surface area contributed by atoms with Crippen LogP contribution in [0.2, 0.25) is 0 Å². The van der Waals surface area contributed by atoms with Crippen LogP contribution in [0.15, 0.2) is 29.3 Å². The molecular formula is C10H17N. The van der Waals surface area contributed by atoms with Crippen LogP contribution in [-0.2, 0) is 0 Å². The second-order valence-electron chi connectivity index (χ2n) is 3.30. The second-order valence-corrected chi connectivity index (χ2v) is 3.30. The lowest BCUT2D eigenvalue weighted by atomic mass is 9.92. The Labute approximate surface area is 69.5 Å². The van der Waals surface area contributed by atoms with E-state index in [4.69, 9.17) is 0 Å². The molecule has 0 aliphatic heterocycles. The fraction of sp³-hybridized carbons (Fsp3) is 0.500. The van der Waals surface area contributed by atoms with Crippen LogP contribution in [0.25, 0.3) is 0 Å². The SMILES string of the molecule is C=C/C(C)=C\C(C)(C)C=NC. The Balaban J connectivity index is 4.44. The van der Waals surface area contributed by atoms with Gasteiger partial charge in [0.05, 0.1) is 0 Å². The molecule has 0 N–H and O–H groups in total. The number of hydrogen-bond acceptors (Lipinski definition) is 1. The maximum Gasteiger partial charge on any atom is 0.0273 e. The van der Waals surface area contributed by atoms with Crippen molar-refractivity contribution in [2.45, 2.75) is 20.8 Å². The first-order valence-corrected chi connectivity index (χ1v) is 3.77. The van der Waals surface area contributed by atoms with E-state index in [1.54, 1.807) is 7.05 Å². The van der Waals surface area contributed by atoms with Crippen molar-refractivity contribution in [2.75, 3.05) is 7.05 Å². The molecule has 0 saturated carbocycles. The van der Waals surface area contributed by atoms with Gasteiger partial charge >= 0.3 is 0 Å².